The maximum Gasteiger partial charge on any atom is 0.105 e. The maximum absolute atomic E-state index is 10.4. The first-order valence-corrected chi connectivity index (χ1v) is 6.63. The molecule has 1 fully saturated rings. The van der Waals surface area contributed by atoms with E-state index in [4.69, 9.17) is 4.74 Å². The molecule has 2 N–H and O–H groups in total. The fourth-order valence-electron chi connectivity index (χ4n) is 2.43. The molecule has 5 heteroatoms. The zero-order valence-electron chi connectivity index (χ0n) is 11.4. The Balaban J connectivity index is 1.88. The molecule has 0 saturated carbocycles. The van der Waals surface area contributed by atoms with E-state index in [9.17, 15) is 5.11 Å². The van der Waals surface area contributed by atoms with E-state index < -0.39 is 5.60 Å². The van der Waals surface area contributed by atoms with Gasteiger partial charge in [0.1, 0.15) is 5.60 Å². The SMILES string of the molecule is CCn1nc(C)cc1CNCC1(O)CCOC1C. The minimum Gasteiger partial charge on any atom is -0.386 e. The van der Waals surface area contributed by atoms with Crippen molar-refractivity contribution in [2.75, 3.05) is 13.2 Å². The van der Waals surface area contributed by atoms with Gasteiger partial charge in [0, 0.05) is 32.7 Å². The summed E-state index contributed by atoms with van der Waals surface area (Å²) in [6.45, 7) is 8.80. The lowest BCUT2D eigenvalue weighted by atomic mass is 9.97. The summed E-state index contributed by atoms with van der Waals surface area (Å²) in [4.78, 5) is 0. The predicted molar refractivity (Wildman–Crippen MR) is 69.3 cm³/mol. The van der Waals surface area contributed by atoms with Gasteiger partial charge in [-0.05, 0) is 26.8 Å². The summed E-state index contributed by atoms with van der Waals surface area (Å²) in [5.74, 6) is 0. The summed E-state index contributed by atoms with van der Waals surface area (Å²) in [6, 6.07) is 2.08. The van der Waals surface area contributed by atoms with Crippen LogP contribution in [0.4, 0.5) is 0 Å². The van der Waals surface area contributed by atoms with E-state index in [1.807, 2.05) is 18.5 Å². The van der Waals surface area contributed by atoms with Crippen molar-refractivity contribution in [3.8, 4) is 0 Å². The fourth-order valence-corrected chi connectivity index (χ4v) is 2.43. The van der Waals surface area contributed by atoms with Crippen LogP contribution in [-0.2, 0) is 17.8 Å². The number of rotatable bonds is 5. The molecular weight excluding hydrogens is 230 g/mol. The van der Waals surface area contributed by atoms with Crippen molar-refractivity contribution in [3.63, 3.8) is 0 Å². The average molecular weight is 253 g/mol. The molecule has 0 bridgehead atoms. The molecule has 2 unspecified atom stereocenters. The molecule has 1 saturated heterocycles. The number of aryl methyl sites for hydroxylation is 2. The van der Waals surface area contributed by atoms with Crippen LogP contribution in [0.5, 0.6) is 0 Å². The highest BCUT2D eigenvalue weighted by molar-refractivity contribution is 5.09. The molecule has 1 aliphatic heterocycles. The summed E-state index contributed by atoms with van der Waals surface area (Å²) in [6.07, 6.45) is 0.607. The Morgan fingerprint density at radius 2 is 2.44 bits per heavy atom. The summed E-state index contributed by atoms with van der Waals surface area (Å²) < 4.78 is 7.40. The number of ether oxygens (including phenoxy) is 1. The summed E-state index contributed by atoms with van der Waals surface area (Å²) in [5.41, 5.74) is 1.46. The molecule has 0 aromatic carbocycles. The Bertz CT molecular complexity index is 405. The van der Waals surface area contributed by atoms with E-state index in [2.05, 4.69) is 23.4 Å². The third kappa shape index (κ3) is 2.74. The largest absolute Gasteiger partial charge is 0.386 e. The number of aliphatic hydroxyl groups is 1. The molecule has 2 rings (SSSR count). The second-order valence-electron chi connectivity index (χ2n) is 5.06. The molecule has 5 nitrogen and oxygen atoms in total. The first kappa shape index (κ1) is 13.5. The van der Waals surface area contributed by atoms with Gasteiger partial charge in [-0.15, -0.1) is 0 Å². The van der Waals surface area contributed by atoms with E-state index in [0.717, 1.165) is 24.5 Å². The number of nitrogens with one attached hydrogen (secondary N) is 1. The third-order valence-electron chi connectivity index (χ3n) is 3.68. The topological polar surface area (TPSA) is 59.3 Å². The molecule has 2 atom stereocenters. The van der Waals surface area contributed by atoms with Gasteiger partial charge in [0.2, 0.25) is 0 Å². The van der Waals surface area contributed by atoms with Gasteiger partial charge in [-0.2, -0.15) is 5.10 Å². The summed E-state index contributed by atoms with van der Waals surface area (Å²) >= 11 is 0. The molecule has 1 aliphatic rings. The van der Waals surface area contributed by atoms with Crippen LogP contribution in [0.2, 0.25) is 0 Å². The molecule has 102 valence electrons. The van der Waals surface area contributed by atoms with Crippen molar-refractivity contribution in [2.45, 2.75) is 52.0 Å². The quantitative estimate of drug-likeness (QED) is 0.816. The summed E-state index contributed by atoms with van der Waals surface area (Å²) in [7, 11) is 0. The fraction of sp³-hybridized carbons (Fsp3) is 0.769. The van der Waals surface area contributed by atoms with E-state index in [1.165, 1.54) is 0 Å². The standard InChI is InChI=1S/C13H23N3O2/c1-4-16-12(7-10(2)15-16)8-14-9-13(17)5-6-18-11(13)3/h7,11,14,17H,4-6,8-9H2,1-3H3. The number of aromatic nitrogens is 2. The molecule has 18 heavy (non-hydrogen) atoms. The molecule has 0 aliphatic carbocycles. The van der Waals surface area contributed by atoms with Crippen LogP contribution in [0.25, 0.3) is 0 Å². The average Bonchev–Trinajstić information content (AvgIpc) is 2.84. The smallest absolute Gasteiger partial charge is 0.105 e. The van der Waals surface area contributed by atoms with Crippen molar-refractivity contribution in [3.05, 3.63) is 17.5 Å². The van der Waals surface area contributed by atoms with Gasteiger partial charge in [0.15, 0.2) is 0 Å². The van der Waals surface area contributed by atoms with E-state index in [0.29, 0.717) is 19.6 Å². The third-order valence-corrected chi connectivity index (χ3v) is 3.68. The number of nitrogens with zero attached hydrogens (tertiary/aromatic N) is 2. The zero-order valence-corrected chi connectivity index (χ0v) is 11.4. The van der Waals surface area contributed by atoms with Crippen molar-refractivity contribution in [1.82, 2.24) is 15.1 Å². The van der Waals surface area contributed by atoms with Gasteiger partial charge in [-0.25, -0.2) is 0 Å². The molecule has 0 amide bonds. The highest BCUT2D eigenvalue weighted by atomic mass is 16.5. The predicted octanol–water partition coefficient (Wildman–Crippen LogP) is 0.841. The monoisotopic (exact) mass is 253 g/mol. The van der Waals surface area contributed by atoms with Crippen molar-refractivity contribution in [1.29, 1.82) is 0 Å². The lowest BCUT2D eigenvalue weighted by molar-refractivity contribution is -0.0263. The van der Waals surface area contributed by atoms with Crippen LogP contribution in [-0.4, -0.2) is 39.7 Å². The van der Waals surface area contributed by atoms with E-state index in [1.54, 1.807) is 0 Å². The van der Waals surface area contributed by atoms with Gasteiger partial charge in [0.05, 0.1) is 17.5 Å². The van der Waals surface area contributed by atoms with Crippen LogP contribution >= 0.6 is 0 Å². The van der Waals surface area contributed by atoms with E-state index in [-0.39, 0.29) is 6.10 Å². The molecule has 1 aromatic rings. The van der Waals surface area contributed by atoms with Crippen LogP contribution < -0.4 is 5.32 Å². The van der Waals surface area contributed by atoms with Crippen LogP contribution in [0, 0.1) is 6.92 Å². The van der Waals surface area contributed by atoms with Gasteiger partial charge < -0.3 is 15.2 Å². The molecule has 0 spiro atoms. The van der Waals surface area contributed by atoms with Crippen molar-refractivity contribution >= 4 is 0 Å². The molecular formula is C13H23N3O2. The first-order valence-electron chi connectivity index (χ1n) is 6.63. The normalized spacial score (nSPS) is 27.9. The van der Waals surface area contributed by atoms with Crippen LogP contribution in [0.3, 0.4) is 0 Å². The van der Waals surface area contributed by atoms with Crippen LogP contribution in [0.15, 0.2) is 6.07 Å². The lowest BCUT2D eigenvalue weighted by Gasteiger charge is -2.26. The van der Waals surface area contributed by atoms with Gasteiger partial charge in [-0.3, -0.25) is 4.68 Å². The van der Waals surface area contributed by atoms with Crippen molar-refractivity contribution < 1.29 is 9.84 Å². The van der Waals surface area contributed by atoms with Gasteiger partial charge >= 0.3 is 0 Å². The Kier molecular flexibility index (Phi) is 4.04. The second-order valence-corrected chi connectivity index (χ2v) is 5.06. The highest BCUT2D eigenvalue weighted by Gasteiger charge is 2.38. The van der Waals surface area contributed by atoms with E-state index >= 15 is 0 Å². The Morgan fingerprint density at radius 3 is 3.06 bits per heavy atom. The summed E-state index contributed by atoms with van der Waals surface area (Å²) in [5, 5.41) is 18.1. The highest BCUT2D eigenvalue weighted by Crippen LogP contribution is 2.24. The zero-order chi connectivity index (χ0) is 13.2. The maximum atomic E-state index is 10.4. The minimum atomic E-state index is -0.730. The Morgan fingerprint density at radius 1 is 1.67 bits per heavy atom. The first-order chi connectivity index (χ1) is 8.55. The van der Waals surface area contributed by atoms with Gasteiger partial charge in [0.25, 0.3) is 0 Å². The lowest BCUT2D eigenvalue weighted by Crippen LogP contribution is -2.45. The molecule has 0 radical (unpaired) electrons. The molecule has 2 heterocycles. The second kappa shape index (κ2) is 5.38. The molecule has 1 aromatic heterocycles. The minimum absolute atomic E-state index is 0.0946. The van der Waals surface area contributed by atoms with Crippen LogP contribution in [0.1, 0.15) is 31.7 Å². The Labute approximate surface area is 108 Å². The van der Waals surface area contributed by atoms with Crippen molar-refractivity contribution in [2.24, 2.45) is 0 Å². The number of hydrogen-bond donors (Lipinski definition) is 2. The Hall–Kier alpha value is -0.910. The van der Waals surface area contributed by atoms with Gasteiger partial charge in [-0.1, -0.05) is 0 Å². The number of hydrogen-bond acceptors (Lipinski definition) is 4.